The maximum absolute atomic E-state index is 11.8. The molecule has 0 aliphatic rings. The third-order valence-electron chi connectivity index (χ3n) is 3.04. The number of thiophene rings is 1. The van der Waals surface area contributed by atoms with Gasteiger partial charge in [0.05, 0.1) is 0 Å². The summed E-state index contributed by atoms with van der Waals surface area (Å²) >= 11 is 1.62. The fraction of sp³-hybridized carbons (Fsp3) is 0.0625. The molecule has 2 amide bonds. The number of fused-ring (bicyclic) bond motifs is 1. The van der Waals surface area contributed by atoms with Crippen LogP contribution in [0.15, 0.2) is 59.3 Å². The molecule has 2 N–H and O–H groups in total. The summed E-state index contributed by atoms with van der Waals surface area (Å²) in [6.07, 6.45) is 0. The van der Waals surface area contributed by atoms with Gasteiger partial charge in [0, 0.05) is 12.2 Å². The van der Waals surface area contributed by atoms with Crippen molar-refractivity contribution in [3.63, 3.8) is 0 Å². The summed E-state index contributed by atoms with van der Waals surface area (Å²) in [6, 6.07) is 15.8. The molecule has 0 fully saturated rings. The average Bonchev–Trinajstić information content (AvgIpc) is 2.98. The van der Waals surface area contributed by atoms with Crippen LogP contribution in [0.1, 0.15) is 5.56 Å². The highest BCUT2D eigenvalue weighted by atomic mass is 32.1. The molecule has 0 unspecified atom stereocenters. The van der Waals surface area contributed by atoms with E-state index in [2.05, 4.69) is 16.7 Å². The van der Waals surface area contributed by atoms with Gasteiger partial charge in [0.1, 0.15) is 0 Å². The summed E-state index contributed by atoms with van der Waals surface area (Å²) in [6.45, 7) is 0.545. The molecule has 0 radical (unpaired) electrons. The number of hydrogen-bond acceptors (Lipinski definition) is 2. The number of benzene rings is 2. The third-order valence-corrected chi connectivity index (χ3v) is 3.77. The van der Waals surface area contributed by atoms with Crippen molar-refractivity contribution in [1.29, 1.82) is 0 Å². The Labute approximate surface area is 121 Å². The minimum atomic E-state index is -0.188. The Kier molecular flexibility index (Phi) is 3.65. The van der Waals surface area contributed by atoms with Gasteiger partial charge < -0.3 is 10.6 Å². The summed E-state index contributed by atoms with van der Waals surface area (Å²) in [7, 11) is 0. The molecular formula is C16H14N2OS. The molecule has 1 heterocycles. The van der Waals surface area contributed by atoms with Gasteiger partial charge in [-0.15, -0.1) is 0 Å². The number of hydrogen-bond donors (Lipinski definition) is 2. The van der Waals surface area contributed by atoms with Gasteiger partial charge in [-0.05, 0) is 45.3 Å². The van der Waals surface area contributed by atoms with Crippen molar-refractivity contribution in [3.8, 4) is 0 Å². The molecule has 4 heteroatoms. The Morgan fingerprint density at radius 2 is 1.90 bits per heavy atom. The first kappa shape index (κ1) is 12.7. The fourth-order valence-corrected chi connectivity index (χ4v) is 2.69. The van der Waals surface area contributed by atoms with E-state index < -0.39 is 0 Å². The molecule has 0 bridgehead atoms. The zero-order valence-electron chi connectivity index (χ0n) is 10.8. The second-order valence-electron chi connectivity index (χ2n) is 4.50. The molecule has 0 aliphatic carbocycles. The van der Waals surface area contributed by atoms with Crippen molar-refractivity contribution >= 4 is 33.8 Å². The van der Waals surface area contributed by atoms with Crippen LogP contribution in [0.2, 0.25) is 0 Å². The third kappa shape index (κ3) is 2.97. The quantitative estimate of drug-likeness (QED) is 0.742. The van der Waals surface area contributed by atoms with Gasteiger partial charge in [0.25, 0.3) is 0 Å². The molecule has 0 saturated carbocycles. The summed E-state index contributed by atoms with van der Waals surface area (Å²) < 4.78 is 0. The van der Waals surface area contributed by atoms with Crippen molar-refractivity contribution in [2.75, 3.05) is 5.32 Å². The molecule has 1 aromatic heterocycles. The number of anilines is 1. The van der Waals surface area contributed by atoms with Gasteiger partial charge >= 0.3 is 6.03 Å². The molecule has 20 heavy (non-hydrogen) atoms. The Hall–Kier alpha value is -2.33. The lowest BCUT2D eigenvalue weighted by Crippen LogP contribution is -2.27. The van der Waals surface area contributed by atoms with Crippen molar-refractivity contribution < 1.29 is 4.79 Å². The van der Waals surface area contributed by atoms with Gasteiger partial charge in [-0.1, -0.05) is 30.3 Å². The van der Waals surface area contributed by atoms with E-state index in [4.69, 9.17) is 0 Å². The largest absolute Gasteiger partial charge is 0.334 e. The van der Waals surface area contributed by atoms with E-state index in [-0.39, 0.29) is 6.03 Å². The zero-order valence-corrected chi connectivity index (χ0v) is 11.6. The standard InChI is InChI=1S/C16H14N2OS/c19-16(17-10-12-7-8-20-11-12)18-15-6-5-13-3-1-2-4-14(13)9-15/h1-9,11H,10H2,(H2,17,18,19). The minimum absolute atomic E-state index is 0.188. The normalized spacial score (nSPS) is 10.4. The Balaban J connectivity index is 1.65. The van der Waals surface area contributed by atoms with Gasteiger partial charge in [-0.3, -0.25) is 0 Å². The van der Waals surface area contributed by atoms with Crippen LogP contribution in [0.3, 0.4) is 0 Å². The van der Waals surface area contributed by atoms with Crippen LogP contribution in [-0.4, -0.2) is 6.03 Å². The van der Waals surface area contributed by atoms with Crippen LogP contribution in [0.25, 0.3) is 10.8 Å². The molecule has 2 aromatic carbocycles. The highest BCUT2D eigenvalue weighted by Crippen LogP contribution is 2.18. The maximum Gasteiger partial charge on any atom is 0.319 e. The van der Waals surface area contributed by atoms with Crippen molar-refractivity contribution in [3.05, 3.63) is 64.9 Å². The SMILES string of the molecule is O=C(NCc1ccsc1)Nc1ccc2ccccc2c1. The molecule has 100 valence electrons. The molecule has 0 aliphatic heterocycles. The van der Waals surface area contributed by atoms with Crippen LogP contribution < -0.4 is 10.6 Å². The lowest BCUT2D eigenvalue weighted by atomic mass is 10.1. The van der Waals surface area contributed by atoms with Gasteiger partial charge in [-0.2, -0.15) is 11.3 Å². The maximum atomic E-state index is 11.8. The summed E-state index contributed by atoms with van der Waals surface area (Å²) in [5.41, 5.74) is 1.91. The predicted molar refractivity (Wildman–Crippen MR) is 84.1 cm³/mol. The second-order valence-corrected chi connectivity index (χ2v) is 5.28. The average molecular weight is 282 g/mol. The van der Waals surface area contributed by atoms with Crippen molar-refractivity contribution in [2.24, 2.45) is 0 Å². The van der Waals surface area contributed by atoms with Crippen LogP contribution in [0.4, 0.5) is 10.5 Å². The summed E-state index contributed by atoms with van der Waals surface area (Å²) in [5, 5.41) is 12.0. The van der Waals surface area contributed by atoms with E-state index >= 15 is 0 Å². The fourth-order valence-electron chi connectivity index (χ4n) is 2.02. The molecule has 3 aromatic rings. The first-order valence-electron chi connectivity index (χ1n) is 6.36. The van der Waals surface area contributed by atoms with Crippen LogP contribution in [0, 0.1) is 0 Å². The number of carbonyl (C=O) groups excluding carboxylic acids is 1. The second kappa shape index (κ2) is 5.75. The van der Waals surface area contributed by atoms with Gasteiger partial charge in [0.2, 0.25) is 0 Å². The topological polar surface area (TPSA) is 41.1 Å². The number of nitrogens with one attached hydrogen (secondary N) is 2. The molecule has 3 rings (SSSR count). The monoisotopic (exact) mass is 282 g/mol. The number of carbonyl (C=O) groups is 1. The Morgan fingerprint density at radius 3 is 2.70 bits per heavy atom. The molecule has 0 spiro atoms. The van der Waals surface area contributed by atoms with Crippen LogP contribution in [0.5, 0.6) is 0 Å². The Bertz CT molecular complexity index is 722. The smallest absolute Gasteiger partial charge is 0.319 e. The van der Waals surface area contributed by atoms with Crippen molar-refractivity contribution in [1.82, 2.24) is 5.32 Å². The van der Waals surface area contributed by atoms with Gasteiger partial charge in [0.15, 0.2) is 0 Å². The number of urea groups is 1. The Morgan fingerprint density at radius 1 is 1.05 bits per heavy atom. The molecular weight excluding hydrogens is 268 g/mol. The number of amides is 2. The van der Waals surface area contributed by atoms with E-state index in [1.165, 1.54) is 0 Å². The summed E-state index contributed by atoms with van der Waals surface area (Å²) in [4.78, 5) is 11.8. The highest BCUT2D eigenvalue weighted by Gasteiger charge is 2.02. The van der Waals surface area contributed by atoms with E-state index in [0.29, 0.717) is 6.54 Å². The molecule has 0 atom stereocenters. The predicted octanol–water partition coefficient (Wildman–Crippen LogP) is 4.22. The van der Waals surface area contributed by atoms with E-state index in [1.807, 2.05) is 53.2 Å². The van der Waals surface area contributed by atoms with E-state index in [0.717, 1.165) is 22.0 Å². The van der Waals surface area contributed by atoms with Crippen molar-refractivity contribution in [2.45, 2.75) is 6.54 Å². The number of rotatable bonds is 3. The van der Waals surface area contributed by atoms with Gasteiger partial charge in [-0.25, -0.2) is 4.79 Å². The molecule has 0 saturated heterocycles. The van der Waals surface area contributed by atoms with E-state index in [9.17, 15) is 4.79 Å². The van der Waals surface area contributed by atoms with Crippen LogP contribution >= 0.6 is 11.3 Å². The zero-order chi connectivity index (χ0) is 13.8. The minimum Gasteiger partial charge on any atom is -0.334 e. The van der Waals surface area contributed by atoms with Crippen LogP contribution in [-0.2, 0) is 6.54 Å². The van der Waals surface area contributed by atoms with E-state index in [1.54, 1.807) is 11.3 Å². The summed E-state index contributed by atoms with van der Waals surface area (Å²) in [5.74, 6) is 0. The first-order chi connectivity index (χ1) is 9.81. The lowest BCUT2D eigenvalue weighted by Gasteiger charge is -2.08. The first-order valence-corrected chi connectivity index (χ1v) is 7.30. The lowest BCUT2D eigenvalue weighted by molar-refractivity contribution is 0.252. The highest BCUT2D eigenvalue weighted by molar-refractivity contribution is 7.07. The molecule has 3 nitrogen and oxygen atoms in total.